The van der Waals surface area contributed by atoms with E-state index in [-0.39, 0.29) is 23.7 Å². The van der Waals surface area contributed by atoms with Crippen LogP contribution in [-0.2, 0) is 11.2 Å². The van der Waals surface area contributed by atoms with Crippen molar-refractivity contribution in [3.05, 3.63) is 22.8 Å². The maximum Gasteiger partial charge on any atom is 0.161 e. The van der Waals surface area contributed by atoms with Crippen LogP contribution in [0.5, 0.6) is 11.5 Å². The van der Waals surface area contributed by atoms with Crippen LogP contribution in [-0.4, -0.2) is 16.0 Å². The molecule has 0 fully saturated rings. The molecule has 0 amide bonds. The van der Waals surface area contributed by atoms with E-state index in [0.29, 0.717) is 11.1 Å². The molecule has 0 aromatic heterocycles. The summed E-state index contributed by atoms with van der Waals surface area (Å²) in [5.74, 6) is -0.340. The van der Waals surface area contributed by atoms with E-state index < -0.39 is 0 Å². The summed E-state index contributed by atoms with van der Waals surface area (Å²) in [7, 11) is 0. The SMILES string of the molecule is CC(=O)Cc1cc(C)c(C)c(O)c1O. The van der Waals surface area contributed by atoms with Crippen LogP contribution < -0.4 is 0 Å². The van der Waals surface area contributed by atoms with Crippen LogP contribution in [0.1, 0.15) is 23.6 Å². The second-order valence-corrected chi connectivity index (χ2v) is 3.55. The van der Waals surface area contributed by atoms with E-state index in [2.05, 4.69) is 0 Å². The lowest BCUT2D eigenvalue weighted by Gasteiger charge is -2.09. The van der Waals surface area contributed by atoms with E-state index in [1.807, 2.05) is 6.92 Å². The minimum Gasteiger partial charge on any atom is -0.504 e. The number of aromatic hydroxyl groups is 2. The first kappa shape index (κ1) is 10.6. The number of carbonyl (C=O) groups is 1. The molecular formula is C11H14O3. The summed E-state index contributed by atoms with van der Waals surface area (Å²) in [6.07, 6.45) is 0.153. The van der Waals surface area contributed by atoms with Gasteiger partial charge in [-0.1, -0.05) is 6.07 Å². The summed E-state index contributed by atoms with van der Waals surface area (Å²) in [6, 6.07) is 1.73. The smallest absolute Gasteiger partial charge is 0.161 e. The van der Waals surface area contributed by atoms with Crippen LogP contribution in [0.3, 0.4) is 0 Å². The largest absolute Gasteiger partial charge is 0.504 e. The fourth-order valence-electron chi connectivity index (χ4n) is 1.36. The minimum atomic E-state index is -0.177. The van der Waals surface area contributed by atoms with E-state index in [1.165, 1.54) is 6.92 Å². The van der Waals surface area contributed by atoms with Crippen molar-refractivity contribution < 1.29 is 15.0 Å². The number of benzene rings is 1. The lowest BCUT2D eigenvalue weighted by molar-refractivity contribution is -0.116. The van der Waals surface area contributed by atoms with Crippen LogP contribution in [0, 0.1) is 13.8 Å². The zero-order valence-electron chi connectivity index (χ0n) is 8.59. The number of phenolic OH excluding ortho intramolecular Hbond substituents is 2. The van der Waals surface area contributed by atoms with Crippen LogP contribution in [0.2, 0.25) is 0 Å². The Morgan fingerprint density at radius 3 is 2.36 bits per heavy atom. The third-order valence-electron chi connectivity index (χ3n) is 2.31. The Balaban J connectivity index is 3.25. The van der Waals surface area contributed by atoms with E-state index in [0.717, 1.165) is 5.56 Å². The molecule has 0 aliphatic heterocycles. The lowest BCUT2D eigenvalue weighted by Crippen LogP contribution is -1.98. The van der Waals surface area contributed by atoms with Gasteiger partial charge in [-0.25, -0.2) is 0 Å². The molecule has 0 atom stereocenters. The third kappa shape index (κ3) is 1.87. The summed E-state index contributed by atoms with van der Waals surface area (Å²) < 4.78 is 0. The van der Waals surface area contributed by atoms with Gasteiger partial charge in [0.25, 0.3) is 0 Å². The summed E-state index contributed by atoms with van der Waals surface area (Å²) in [6.45, 7) is 5.01. The molecule has 76 valence electrons. The molecule has 0 heterocycles. The molecule has 0 aliphatic carbocycles. The monoisotopic (exact) mass is 194 g/mol. The van der Waals surface area contributed by atoms with Gasteiger partial charge >= 0.3 is 0 Å². The Hall–Kier alpha value is -1.51. The van der Waals surface area contributed by atoms with E-state index in [4.69, 9.17) is 0 Å². The van der Waals surface area contributed by atoms with Crippen molar-refractivity contribution in [2.45, 2.75) is 27.2 Å². The number of ketones is 1. The second-order valence-electron chi connectivity index (χ2n) is 3.55. The minimum absolute atomic E-state index is 0.0389. The Labute approximate surface area is 83.0 Å². The number of aryl methyl sites for hydroxylation is 1. The maximum atomic E-state index is 10.9. The molecule has 0 radical (unpaired) electrons. The zero-order chi connectivity index (χ0) is 10.9. The van der Waals surface area contributed by atoms with Gasteiger partial charge < -0.3 is 10.2 Å². The molecule has 0 aliphatic rings. The van der Waals surface area contributed by atoms with Crippen LogP contribution >= 0.6 is 0 Å². The second kappa shape index (κ2) is 3.70. The third-order valence-corrected chi connectivity index (χ3v) is 2.31. The van der Waals surface area contributed by atoms with Crippen molar-refractivity contribution in [1.29, 1.82) is 0 Å². The van der Waals surface area contributed by atoms with E-state index in [1.54, 1.807) is 13.0 Å². The molecule has 2 N–H and O–H groups in total. The summed E-state index contributed by atoms with van der Waals surface area (Å²) in [4.78, 5) is 10.9. The quantitative estimate of drug-likeness (QED) is 0.706. The Kier molecular flexibility index (Phi) is 2.79. The lowest BCUT2D eigenvalue weighted by atomic mass is 10.0. The highest BCUT2D eigenvalue weighted by atomic mass is 16.3. The van der Waals surface area contributed by atoms with Crippen molar-refractivity contribution in [1.82, 2.24) is 0 Å². The van der Waals surface area contributed by atoms with Crippen molar-refractivity contribution in [2.75, 3.05) is 0 Å². The number of Topliss-reactive ketones (excluding diaryl/α,β-unsaturated/α-hetero) is 1. The molecular weight excluding hydrogens is 180 g/mol. The van der Waals surface area contributed by atoms with Gasteiger partial charge in [-0.2, -0.15) is 0 Å². The highest BCUT2D eigenvalue weighted by Crippen LogP contribution is 2.34. The molecule has 0 saturated carbocycles. The van der Waals surface area contributed by atoms with Crippen molar-refractivity contribution in [2.24, 2.45) is 0 Å². The number of hydrogen-bond acceptors (Lipinski definition) is 3. The van der Waals surface area contributed by atoms with Gasteiger partial charge in [-0.3, -0.25) is 4.79 Å². The number of carbonyl (C=O) groups excluding carboxylic acids is 1. The van der Waals surface area contributed by atoms with Crippen LogP contribution in [0.4, 0.5) is 0 Å². The van der Waals surface area contributed by atoms with Gasteiger partial charge in [-0.05, 0) is 31.9 Å². The topological polar surface area (TPSA) is 57.5 Å². The predicted molar refractivity (Wildman–Crippen MR) is 53.6 cm³/mol. The first-order valence-corrected chi connectivity index (χ1v) is 4.44. The van der Waals surface area contributed by atoms with Gasteiger partial charge in [0.05, 0.1) is 0 Å². The number of phenols is 2. The summed E-state index contributed by atoms with van der Waals surface area (Å²) in [5, 5.41) is 19.1. The van der Waals surface area contributed by atoms with Crippen molar-refractivity contribution >= 4 is 5.78 Å². The summed E-state index contributed by atoms with van der Waals surface area (Å²) in [5.41, 5.74) is 2.00. The highest BCUT2D eigenvalue weighted by molar-refractivity contribution is 5.79. The zero-order valence-corrected chi connectivity index (χ0v) is 8.59. The molecule has 0 saturated heterocycles. The normalized spacial score (nSPS) is 10.2. The highest BCUT2D eigenvalue weighted by Gasteiger charge is 2.12. The van der Waals surface area contributed by atoms with E-state index in [9.17, 15) is 15.0 Å². The molecule has 0 spiro atoms. The maximum absolute atomic E-state index is 10.9. The molecule has 1 aromatic rings. The fraction of sp³-hybridized carbons (Fsp3) is 0.364. The first-order chi connectivity index (χ1) is 6.43. The van der Waals surface area contributed by atoms with Crippen molar-refractivity contribution in [3.63, 3.8) is 0 Å². The molecule has 3 nitrogen and oxygen atoms in total. The summed E-state index contributed by atoms with van der Waals surface area (Å²) >= 11 is 0. The molecule has 3 heteroatoms. The molecule has 0 unspecified atom stereocenters. The van der Waals surface area contributed by atoms with Crippen LogP contribution in [0.15, 0.2) is 6.07 Å². The Morgan fingerprint density at radius 2 is 1.86 bits per heavy atom. The molecule has 14 heavy (non-hydrogen) atoms. The Bertz CT molecular complexity index is 381. The van der Waals surface area contributed by atoms with Gasteiger partial charge in [0, 0.05) is 12.0 Å². The van der Waals surface area contributed by atoms with Crippen LogP contribution in [0.25, 0.3) is 0 Å². The molecule has 1 aromatic carbocycles. The first-order valence-electron chi connectivity index (χ1n) is 4.44. The standard InChI is InChI=1S/C11H14O3/c1-6-4-9(5-7(2)12)11(14)10(13)8(6)3/h4,13-14H,5H2,1-3H3. The van der Waals surface area contributed by atoms with Gasteiger partial charge in [0.1, 0.15) is 5.78 Å². The van der Waals surface area contributed by atoms with Gasteiger partial charge in [0.2, 0.25) is 0 Å². The average Bonchev–Trinajstić information content (AvgIpc) is 2.10. The van der Waals surface area contributed by atoms with E-state index >= 15 is 0 Å². The fourth-order valence-corrected chi connectivity index (χ4v) is 1.36. The molecule has 0 bridgehead atoms. The predicted octanol–water partition coefficient (Wildman–Crippen LogP) is 1.85. The Morgan fingerprint density at radius 1 is 1.29 bits per heavy atom. The van der Waals surface area contributed by atoms with Crippen molar-refractivity contribution in [3.8, 4) is 11.5 Å². The number of rotatable bonds is 2. The van der Waals surface area contributed by atoms with Gasteiger partial charge in [-0.15, -0.1) is 0 Å². The van der Waals surface area contributed by atoms with Gasteiger partial charge in [0.15, 0.2) is 11.5 Å². The molecule has 1 rings (SSSR count). The average molecular weight is 194 g/mol. The number of hydrogen-bond donors (Lipinski definition) is 2.